The Morgan fingerprint density at radius 3 is 2.65 bits per heavy atom. The summed E-state index contributed by atoms with van der Waals surface area (Å²) in [4.78, 5) is 10.6. The minimum atomic E-state index is 0.183. The van der Waals surface area contributed by atoms with Gasteiger partial charge in [-0.2, -0.15) is 4.98 Å². The monoisotopic (exact) mass is 256 g/mol. The second-order valence-electron chi connectivity index (χ2n) is 4.28. The molecule has 0 aliphatic carbocycles. The van der Waals surface area contributed by atoms with E-state index in [1.165, 1.54) is 0 Å². The molecule has 2 atom stereocenters. The fourth-order valence-corrected chi connectivity index (χ4v) is 2.26. The summed E-state index contributed by atoms with van der Waals surface area (Å²) in [5.74, 6) is 1.35. The molecule has 0 saturated carbocycles. The molecular formula is C11H17ClN4O. The van der Waals surface area contributed by atoms with E-state index >= 15 is 0 Å². The SMILES string of the molecule is CNc1ncc(Cl)c(N2C[C@@H](C)O[C@@H](C)C2)n1. The van der Waals surface area contributed by atoms with Gasteiger partial charge in [0, 0.05) is 20.1 Å². The molecule has 6 heteroatoms. The van der Waals surface area contributed by atoms with Gasteiger partial charge in [0.15, 0.2) is 5.82 Å². The number of nitrogens with one attached hydrogen (secondary N) is 1. The minimum absolute atomic E-state index is 0.183. The van der Waals surface area contributed by atoms with Crippen molar-refractivity contribution in [3.8, 4) is 0 Å². The number of hydrogen-bond acceptors (Lipinski definition) is 5. The Morgan fingerprint density at radius 1 is 1.41 bits per heavy atom. The molecule has 5 nitrogen and oxygen atoms in total. The molecule has 2 heterocycles. The van der Waals surface area contributed by atoms with Crippen LogP contribution in [0.5, 0.6) is 0 Å². The summed E-state index contributed by atoms with van der Waals surface area (Å²) >= 11 is 6.15. The number of aromatic nitrogens is 2. The van der Waals surface area contributed by atoms with Gasteiger partial charge in [0.2, 0.25) is 5.95 Å². The summed E-state index contributed by atoms with van der Waals surface area (Å²) in [6.07, 6.45) is 1.99. The van der Waals surface area contributed by atoms with Crippen molar-refractivity contribution in [3.05, 3.63) is 11.2 Å². The molecule has 0 radical (unpaired) electrons. The zero-order chi connectivity index (χ0) is 12.4. The first-order chi connectivity index (χ1) is 8.10. The molecule has 0 aromatic carbocycles. The van der Waals surface area contributed by atoms with Gasteiger partial charge in [0.05, 0.1) is 18.4 Å². The Hall–Kier alpha value is -1.07. The van der Waals surface area contributed by atoms with E-state index < -0.39 is 0 Å². The van der Waals surface area contributed by atoms with Crippen molar-refractivity contribution < 1.29 is 4.74 Å². The zero-order valence-corrected chi connectivity index (χ0v) is 11.0. The molecule has 1 saturated heterocycles. The Bertz CT molecular complexity index is 391. The number of rotatable bonds is 2. The molecule has 1 aliphatic heterocycles. The number of morpholine rings is 1. The summed E-state index contributed by atoms with van der Waals surface area (Å²) in [5.41, 5.74) is 0. The molecule has 1 N–H and O–H groups in total. The smallest absolute Gasteiger partial charge is 0.224 e. The second-order valence-corrected chi connectivity index (χ2v) is 4.68. The average Bonchev–Trinajstić information content (AvgIpc) is 2.28. The predicted octanol–water partition coefficient (Wildman–Crippen LogP) is 1.79. The van der Waals surface area contributed by atoms with Crippen LogP contribution in [0.2, 0.25) is 5.02 Å². The van der Waals surface area contributed by atoms with Gasteiger partial charge >= 0.3 is 0 Å². The number of anilines is 2. The largest absolute Gasteiger partial charge is 0.372 e. The van der Waals surface area contributed by atoms with Crippen LogP contribution in [0.25, 0.3) is 0 Å². The molecule has 1 aliphatic rings. The Labute approximate surface area is 106 Å². The molecule has 1 aromatic rings. The van der Waals surface area contributed by atoms with Crippen molar-refractivity contribution in [2.24, 2.45) is 0 Å². The van der Waals surface area contributed by atoms with Crippen LogP contribution in [0.4, 0.5) is 11.8 Å². The fraction of sp³-hybridized carbons (Fsp3) is 0.636. The highest BCUT2D eigenvalue weighted by Crippen LogP contribution is 2.26. The summed E-state index contributed by atoms with van der Waals surface area (Å²) in [6, 6.07) is 0. The van der Waals surface area contributed by atoms with Gasteiger partial charge in [-0.05, 0) is 13.8 Å². The van der Waals surface area contributed by atoms with Crippen LogP contribution in [0.1, 0.15) is 13.8 Å². The van der Waals surface area contributed by atoms with Crippen molar-refractivity contribution in [2.45, 2.75) is 26.1 Å². The zero-order valence-electron chi connectivity index (χ0n) is 10.3. The van der Waals surface area contributed by atoms with Gasteiger partial charge in [-0.25, -0.2) is 4.98 Å². The van der Waals surface area contributed by atoms with Crippen molar-refractivity contribution in [1.82, 2.24) is 9.97 Å². The minimum Gasteiger partial charge on any atom is -0.372 e. The van der Waals surface area contributed by atoms with E-state index in [1.54, 1.807) is 13.2 Å². The highest BCUT2D eigenvalue weighted by molar-refractivity contribution is 6.32. The van der Waals surface area contributed by atoms with Gasteiger partial charge in [-0.15, -0.1) is 0 Å². The molecule has 2 rings (SSSR count). The lowest BCUT2D eigenvalue weighted by Crippen LogP contribution is -2.46. The lowest BCUT2D eigenvalue weighted by Gasteiger charge is -2.36. The van der Waals surface area contributed by atoms with Crippen molar-refractivity contribution in [3.63, 3.8) is 0 Å². The Balaban J connectivity index is 2.26. The molecule has 1 aromatic heterocycles. The molecular weight excluding hydrogens is 240 g/mol. The molecule has 17 heavy (non-hydrogen) atoms. The maximum Gasteiger partial charge on any atom is 0.224 e. The lowest BCUT2D eigenvalue weighted by molar-refractivity contribution is -0.00545. The topological polar surface area (TPSA) is 50.3 Å². The van der Waals surface area contributed by atoms with Crippen LogP contribution < -0.4 is 10.2 Å². The van der Waals surface area contributed by atoms with Crippen molar-refractivity contribution in [1.29, 1.82) is 0 Å². The van der Waals surface area contributed by atoms with E-state index in [0.717, 1.165) is 18.9 Å². The molecule has 0 unspecified atom stereocenters. The number of hydrogen-bond donors (Lipinski definition) is 1. The van der Waals surface area contributed by atoms with Crippen molar-refractivity contribution >= 4 is 23.4 Å². The van der Waals surface area contributed by atoms with Crippen LogP contribution in [-0.2, 0) is 4.74 Å². The molecule has 0 amide bonds. The second kappa shape index (κ2) is 5.06. The normalized spacial score (nSPS) is 24.8. The summed E-state index contributed by atoms with van der Waals surface area (Å²) < 4.78 is 5.69. The van der Waals surface area contributed by atoms with E-state index in [2.05, 4.69) is 34.0 Å². The third-order valence-electron chi connectivity index (χ3n) is 2.67. The van der Waals surface area contributed by atoms with Crippen molar-refractivity contribution in [2.75, 3.05) is 30.4 Å². The number of nitrogens with zero attached hydrogens (tertiary/aromatic N) is 3. The predicted molar refractivity (Wildman–Crippen MR) is 68.8 cm³/mol. The van der Waals surface area contributed by atoms with Gasteiger partial charge < -0.3 is 15.0 Å². The third kappa shape index (κ3) is 2.79. The molecule has 1 fully saturated rings. The Morgan fingerprint density at radius 2 is 2.06 bits per heavy atom. The lowest BCUT2D eigenvalue weighted by atomic mass is 10.2. The Kier molecular flexibility index (Phi) is 3.69. The molecule has 0 spiro atoms. The van der Waals surface area contributed by atoms with Crippen LogP contribution in [0, 0.1) is 0 Å². The number of ether oxygens (including phenoxy) is 1. The van der Waals surface area contributed by atoms with Gasteiger partial charge in [0.25, 0.3) is 0 Å². The third-order valence-corrected chi connectivity index (χ3v) is 2.93. The maximum absolute atomic E-state index is 6.15. The first-order valence-electron chi connectivity index (χ1n) is 5.71. The first kappa shape index (κ1) is 12.4. The molecule has 0 bridgehead atoms. The van der Waals surface area contributed by atoms with Crippen LogP contribution in [0.3, 0.4) is 0 Å². The average molecular weight is 257 g/mol. The van der Waals surface area contributed by atoms with Crippen LogP contribution in [-0.4, -0.2) is 42.3 Å². The van der Waals surface area contributed by atoms with E-state index in [-0.39, 0.29) is 12.2 Å². The maximum atomic E-state index is 6.15. The standard InChI is InChI=1S/C11H17ClN4O/c1-7-5-16(6-8(2)17-7)10-9(12)4-14-11(13-3)15-10/h4,7-8H,5-6H2,1-3H3,(H,13,14,15)/t7-,8+. The van der Waals surface area contributed by atoms with E-state index in [1.807, 2.05) is 0 Å². The summed E-state index contributed by atoms with van der Waals surface area (Å²) in [7, 11) is 1.79. The molecule has 94 valence electrons. The van der Waals surface area contributed by atoms with Crippen LogP contribution in [0.15, 0.2) is 6.20 Å². The van der Waals surface area contributed by atoms with E-state index in [4.69, 9.17) is 16.3 Å². The van der Waals surface area contributed by atoms with Gasteiger partial charge in [0.1, 0.15) is 5.02 Å². The summed E-state index contributed by atoms with van der Waals surface area (Å²) in [6.45, 7) is 5.70. The van der Waals surface area contributed by atoms with Gasteiger partial charge in [-0.1, -0.05) is 11.6 Å². The highest BCUT2D eigenvalue weighted by Gasteiger charge is 2.25. The number of halogens is 1. The highest BCUT2D eigenvalue weighted by atomic mass is 35.5. The summed E-state index contributed by atoms with van der Waals surface area (Å²) in [5, 5.41) is 3.49. The fourth-order valence-electron chi connectivity index (χ4n) is 2.05. The van der Waals surface area contributed by atoms with Crippen LogP contribution >= 0.6 is 11.6 Å². The van der Waals surface area contributed by atoms with Gasteiger partial charge in [-0.3, -0.25) is 0 Å². The quantitative estimate of drug-likeness (QED) is 0.874. The first-order valence-corrected chi connectivity index (χ1v) is 6.08. The van der Waals surface area contributed by atoms with E-state index in [0.29, 0.717) is 11.0 Å². The van der Waals surface area contributed by atoms with E-state index in [9.17, 15) is 0 Å².